The van der Waals surface area contributed by atoms with Crippen LogP contribution in [0.15, 0.2) is 0 Å². The van der Waals surface area contributed by atoms with Crippen LogP contribution in [0.25, 0.3) is 0 Å². The van der Waals surface area contributed by atoms with Gasteiger partial charge in [0.15, 0.2) is 0 Å². The van der Waals surface area contributed by atoms with Crippen LogP contribution in [0.3, 0.4) is 0 Å². The Morgan fingerprint density at radius 1 is 0.571 bits per heavy atom. The Hall–Kier alpha value is 0.543. The molecule has 0 aliphatic carbocycles. The largest absolute Gasteiger partial charge is 2.00 e. The molecule has 21 heavy (non-hydrogen) atoms. The topological polar surface area (TPSA) is 6.48 Å². The van der Waals surface area contributed by atoms with Crippen LogP contribution in [0.5, 0.6) is 0 Å². The van der Waals surface area contributed by atoms with E-state index in [1.54, 1.807) is 0 Å². The average molecular weight is 350 g/mol. The standard InChI is InChI=1S/2C9H20N.Zn/c2*1-6-7-10(8(2)3)9(4)5;/h2*8-9H,1,6-7H2,2-5H3;/q2*-1;+2. The van der Waals surface area contributed by atoms with Gasteiger partial charge in [0.1, 0.15) is 0 Å². The minimum atomic E-state index is 0. The second-order valence-corrected chi connectivity index (χ2v) is 6.56. The molecule has 0 rings (SSSR count). The van der Waals surface area contributed by atoms with Gasteiger partial charge in [0, 0.05) is 24.2 Å². The minimum Gasteiger partial charge on any atom is -0.342 e. The Morgan fingerprint density at radius 3 is 0.810 bits per heavy atom. The Bertz CT molecular complexity index is 165. The molecule has 0 heterocycles. The van der Waals surface area contributed by atoms with Gasteiger partial charge >= 0.3 is 19.5 Å². The maximum atomic E-state index is 3.85. The summed E-state index contributed by atoms with van der Waals surface area (Å²) in [5, 5.41) is 0. The van der Waals surface area contributed by atoms with Crippen molar-refractivity contribution in [3.63, 3.8) is 0 Å². The van der Waals surface area contributed by atoms with Crippen molar-refractivity contribution in [2.75, 3.05) is 13.1 Å². The van der Waals surface area contributed by atoms with Crippen LogP contribution in [-0.2, 0) is 19.5 Å². The summed E-state index contributed by atoms with van der Waals surface area (Å²) in [5.74, 6) is 0. The van der Waals surface area contributed by atoms with Crippen LogP contribution in [0, 0.1) is 13.8 Å². The third-order valence-corrected chi connectivity index (χ3v) is 3.49. The molecule has 0 amide bonds. The Kier molecular flexibility index (Phi) is 19.4. The molecule has 0 fully saturated rings. The van der Waals surface area contributed by atoms with Crippen LogP contribution in [0.1, 0.15) is 68.2 Å². The first-order chi connectivity index (χ1) is 9.18. The van der Waals surface area contributed by atoms with Gasteiger partial charge in [-0.2, -0.15) is 12.8 Å². The second kappa shape index (κ2) is 15.4. The second-order valence-electron chi connectivity index (χ2n) is 6.56. The van der Waals surface area contributed by atoms with E-state index in [-0.39, 0.29) is 19.5 Å². The summed E-state index contributed by atoms with van der Waals surface area (Å²) >= 11 is 0. The SMILES string of the molecule is [CH2-]CCN(C(C)C)C(C)C.[CH2-]CCN(C(C)C)C(C)C.[Zn+2]. The zero-order valence-electron chi connectivity index (χ0n) is 16.2. The fourth-order valence-corrected chi connectivity index (χ4v) is 2.59. The molecule has 124 valence electrons. The third kappa shape index (κ3) is 13.9. The molecule has 0 bridgehead atoms. The van der Waals surface area contributed by atoms with Gasteiger partial charge in [0.2, 0.25) is 0 Å². The summed E-state index contributed by atoms with van der Waals surface area (Å²) in [4.78, 5) is 4.90. The Balaban J connectivity index is -0.000000295. The van der Waals surface area contributed by atoms with E-state index >= 15 is 0 Å². The molecule has 0 N–H and O–H groups in total. The van der Waals surface area contributed by atoms with Crippen molar-refractivity contribution in [3.8, 4) is 0 Å². The summed E-state index contributed by atoms with van der Waals surface area (Å²) in [6, 6.07) is 2.62. The molecule has 0 spiro atoms. The fourth-order valence-electron chi connectivity index (χ4n) is 2.59. The molecule has 0 aromatic carbocycles. The first kappa shape index (κ1) is 26.4. The van der Waals surface area contributed by atoms with Crippen molar-refractivity contribution in [2.24, 2.45) is 0 Å². The van der Waals surface area contributed by atoms with E-state index in [0.717, 1.165) is 25.9 Å². The molecular formula is C18H40N2Zn. The van der Waals surface area contributed by atoms with Crippen molar-refractivity contribution in [2.45, 2.75) is 92.4 Å². The number of hydrogen-bond donors (Lipinski definition) is 0. The summed E-state index contributed by atoms with van der Waals surface area (Å²) in [5.41, 5.74) is 0. The summed E-state index contributed by atoms with van der Waals surface area (Å²) in [6.45, 7) is 27.8. The maximum absolute atomic E-state index is 3.85. The predicted molar refractivity (Wildman–Crippen MR) is 93.9 cm³/mol. The number of rotatable bonds is 8. The molecular weight excluding hydrogens is 310 g/mol. The first-order valence-corrected chi connectivity index (χ1v) is 8.28. The molecule has 2 nitrogen and oxygen atoms in total. The Morgan fingerprint density at radius 2 is 0.762 bits per heavy atom. The quantitative estimate of drug-likeness (QED) is 0.464. The van der Waals surface area contributed by atoms with Crippen molar-refractivity contribution in [3.05, 3.63) is 13.8 Å². The first-order valence-electron chi connectivity index (χ1n) is 8.28. The van der Waals surface area contributed by atoms with Crippen molar-refractivity contribution < 1.29 is 19.5 Å². The molecule has 0 aromatic heterocycles. The molecule has 3 heteroatoms. The molecule has 0 saturated carbocycles. The van der Waals surface area contributed by atoms with Gasteiger partial charge in [0.25, 0.3) is 0 Å². The van der Waals surface area contributed by atoms with E-state index in [1.165, 1.54) is 0 Å². The van der Waals surface area contributed by atoms with Crippen LogP contribution in [-0.4, -0.2) is 47.1 Å². The van der Waals surface area contributed by atoms with E-state index in [1.807, 2.05) is 0 Å². The van der Waals surface area contributed by atoms with Gasteiger partial charge in [-0.3, -0.25) is 0 Å². The molecule has 0 aliphatic heterocycles. The molecule has 0 unspecified atom stereocenters. The monoisotopic (exact) mass is 348 g/mol. The predicted octanol–water partition coefficient (Wildman–Crippen LogP) is 4.66. The summed E-state index contributed by atoms with van der Waals surface area (Å²) in [7, 11) is 0. The molecule has 0 radical (unpaired) electrons. The number of hydrogen-bond acceptors (Lipinski definition) is 2. The van der Waals surface area contributed by atoms with E-state index in [0.29, 0.717) is 24.2 Å². The fraction of sp³-hybridized carbons (Fsp3) is 0.889. The maximum Gasteiger partial charge on any atom is 2.00 e. The third-order valence-electron chi connectivity index (χ3n) is 3.49. The molecule has 0 aliphatic rings. The summed E-state index contributed by atoms with van der Waals surface area (Å²) in [6.07, 6.45) is 2.02. The van der Waals surface area contributed by atoms with E-state index in [4.69, 9.17) is 0 Å². The Labute approximate surface area is 148 Å². The van der Waals surface area contributed by atoms with Crippen LogP contribution in [0.2, 0.25) is 0 Å². The average Bonchev–Trinajstić information content (AvgIpc) is 2.32. The van der Waals surface area contributed by atoms with Gasteiger partial charge in [0.05, 0.1) is 0 Å². The van der Waals surface area contributed by atoms with Gasteiger partial charge in [-0.1, -0.05) is 0 Å². The van der Waals surface area contributed by atoms with Gasteiger partial charge in [-0.05, 0) is 68.5 Å². The molecule has 0 aromatic rings. The molecule has 0 atom stereocenters. The smallest absolute Gasteiger partial charge is 0.342 e. The van der Waals surface area contributed by atoms with Crippen LogP contribution in [0.4, 0.5) is 0 Å². The zero-order valence-corrected chi connectivity index (χ0v) is 19.1. The zero-order chi connectivity index (χ0) is 16.3. The summed E-state index contributed by atoms with van der Waals surface area (Å²) < 4.78 is 0. The van der Waals surface area contributed by atoms with Gasteiger partial charge in [-0.25, -0.2) is 0 Å². The van der Waals surface area contributed by atoms with Crippen LogP contribution < -0.4 is 0 Å². The van der Waals surface area contributed by atoms with Crippen LogP contribution >= 0.6 is 0 Å². The normalized spacial score (nSPS) is 11.4. The van der Waals surface area contributed by atoms with E-state index in [9.17, 15) is 0 Å². The van der Waals surface area contributed by atoms with E-state index < -0.39 is 0 Å². The molecule has 0 saturated heterocycles. The van der Waals surface area contributed by atoms with Crippen molar-refractivity contribution >= 4 is 0 Å². The minimum absolute atomic E-state index is 0. The van der Waals surface area contributed by atoms with Gasteiger partial charge < -0.3 is 23.6 Å². The van der Waals surface area contributed by atoms with E-state index in [2.05, 4.69) is 79.0 Å². The number of nitrogens with zero attached hydrogens (tertiary/aromatic N) is 2. The van der Waals surface area contributed by atoms with Crippen molar-refractivity contribution in [1.82, 2.24) is 9.80 Å². The van der Waals surface area contributed by atoms with Gasteiger partial charge in [-0.15, -0.1) is 0 Å². The van der Waals surface area contributed by atoms with Crippen molar-refractivity contribution in [1.29, 1.82) is 0 Å².